The molecule has 0 saturated carbocycles. The fourth-order valence-corrected chi connectivity index (χ4v) is 8.53. The van der Waals surface area contributed by atoms with Gasteiger partial charge >= 0.3 is 5.97 Å². The summed E-state index contributed by atoms with van der Waals surface area (Å²) >= 11 is 0. The van der Waals surface area contributed by atoms with Crippen LogP contribution in [-0.2, 0) is 31.3 Å². The summed E-state index contributed by atoms with van der Waals surface area (Å²) in [5.74, 6) is -1.64. The van der Waals surface area contributed by atoms with E-state index >= 15 is 0 Å². The molecule has 0 spiro atoms. The first kappa shape index (κ1) is 29.0. The van der Waals surface area contributed by atoms with Crippen LogP contribution in [0.1, 0.15) is 57.1 Å². The number of nitrogens with one attached hydrogen (secondary N) is 1. The van der Waals surface area contributed by atoms with Gasteiger partial charge in [-0.05, 0) is 42.7 Å². The summed E-state index contributed by atoms with van der Waals surface area (Å²) in [4.78, 5) is 42.4. The summed E-state index contributed by atoms with van der Waals surface area (Å²) in [6.07, 6.45) is 3.56. The largest absolute Gasteiger partial charge is 0.480 e. The van der Waals surface area contributed by atoms with Gasteiger partial charge in [0.15, 0.2) is 7.29 Å². The number of hydrogen-bond acceptors (Lipinski definition) is 4. The fraction of sp³-hybridized carbons (Fsp3) is 0.500. The van der Waals surface area contributed by atoms with Crippen molar-refractivity contribution in [3.63, 3.8) is 0 Å². The second-order valence-electron chi connectivity index (χ2n) is 10.9. The van der Waals surface area contributed by atoms with Crippen LogP contribution in [0, 0.1) is 5.92 Å². The number of carbonyl (C=O) groups is 3. The van der Waals surface area contributed by atoms with Crippen molar-refractivity contribution >= 4 is 25.1 Å². The van der Waals surface area contributed by atoms with Crippen LogP contribution in [-0.4, -0.2) is 63.9 Å². The van der Waals surface area contributed by atoms with Gasteiger partial charge in [-0.2, -0.15) is 0 Å². The van der Waals surface area contributed by atoms with Gasteiger partial charge in [-0.1, -0.05) is 80.9 Å². The molecular weight excluding hydrogens is 513 g/mol. The molecule has 2 aliphatic heterocycles. The molecule has 210 valence electrons. The van der Waals surface area contributed by atoms with E-state index in [1.165, 1.54) is 4.90 Å². The lowest BCUT2D eigenvalue weighted by atomic mass is 9.98. The Kier molecular flexibility index (Phi) is 9.62. The van der Waals surface area contributed by atoms with Gasteiger partial charge in [0.2, 0.25) is 11.8 Å². The lowest BCUT2D eigenvalue weighted by molar-refractivity contribution is -0.152. The molecule has 4 rings (SSSR count). The zero-order valence-electron chi connectivity index (χ0n) is 22.9. The minimum Gasteiger partial charge on any atom is -0.480 e. The molecule has 9 heteroatoms. The zero-order valence-corrected chi connectivity index (χ0v) is 23.8. The van der Waals surface area contributed by atoms with Crippen molar-refractivity contribution in [2.24, 2.45) is 5.92 Å². The normalized spacial score (nSPS) is 21.1. The third kappa shape index (κ3) is 6.98. The highest BCUT2D eigenvalue weighted by atomic mass is 31.2. The first-order valence-corrected chi connectivity index (χ1v) is 16.1. The second-order valence-corrected chi connectivity index (χ2v) is 13.6. The van der Waals surface area contributed by atoms with Crippen LogP contribution < -0.4 is 5.09 Å². The highest BCUT2D eigenvalue weighted by molar-refractivity contribution is 7.60. The maximum atomic E-state index is 14.6. The van der Waals surface area contributed by atoms with Crippen molar-refractivity contribution in [1.82, 2.24) is 14.9 Å². The summed E-state index contributed by atoms with van der Waals surface area (Å²) in [6, 6.07) is 17.1. The first-order valence-electron chi connectivity index (χ1n) is 14.0. The third-order valence-corrected chi connectivity index (χ3v) is 10.6. The second kappa shape index (κ2) is 12.9. The number of benzene rings is 2. The van der Waals surface area contributed by atoms with Gasteiger partial charge in [0.25, 0.3) is 0 Å². The van der Waals surface area contributed by atoms with Crippen molar-refractivity contribution < 1.29 is 24.1 Å². The molecule has 0 bridgehead atoms. The molecular formula is C30H40N3O5P. The van der Waals surface area contributed by atoms with Crippen LogP contribution in [0.15, 0.2) is 60.7 Å². The Morgan fingerprint density at radius 1 is 0.897 bits per heavy atom. The number of carboxylic acids is 1. The zero-order chi connectivity index (χ0) is 28.0. The maximum Gasteiger partial charge on any atom is 0.326 e. The molecule has 2 amide bonds. The van der Waals surface area contributed by atoms with Crippen LogP contribution in [0.25, 0.3) is 0 Å². The number of likely N-dealkylation sites (tertiary alicyclic amines) is 2. The number of nitrogens with zero attached hydrogens (tertiary/aromatic N) is 2. The molecule has 4 atom stereocenters. The van der Waals surface area contributed by atoms with Crippen molar-refractivity contribution in [2.45, 2.75) is 76.4 Å². The quantitative estimate of drug-likeness (QED) is 0.390. The Morgan fingerprint density at radius 3 is 1.92 bits per heavy atom. The first-order chi connectivity index (χ1) is 18.7. The van der Waals surface area contributed by atoms with E-state index in [2.05, 4.69) is 5.09 Å². The van der Waals surface area contributed by atoms with Crippen LogP contribution in [0.5, 0.6) is 0 Å². The van der Waals surface area contributed by atoms with E-state index in [1.54, 1.807) is 4.90 Å². The highest BCUT2D eigenvalue weighted by Gasteiger charge is 2.45. The Bertz CT molecular complexity index is 1150. The van der Waals surface area contributed by atoms with Gasteiger partial charge in [0, 0.05) is 25.4 Å². The molecule has 0 unspecified atom stereocenters. The molecule has 2 heterocycles. The standard InChI is InChI=1S/C30H40N3O5P/c1-3-22(2)27(29(35)32-18-10-16-25(32)28(34)33-19-11-17-26(33)30(36)37)31-39(38,20-23-12-6-4-7-13-23)21-24-14-8-5-9-15-24/h4-9,12-15,22,25-27H,3,10-11,16-21H2,1-2H3,(H,31,38)(H,36,37)/t22-,25-,26-,27-/m0/s1. The lowest BCUT2D eigenvalue weighted by Gasteiger charge is -2.35. The predicted octanol–water partition coefficient (Wildman–Crippen LogP) is 4.74. The summed E-state index contributed by atoms with van der Waals surface area (Å²) in [5, 5.41) is 13.0. The van der Waals surface area contributed by atoms with Crippen LogP contribution >= 0.6 is 7.29 Å². The Morgan fingerprint density at radius 2 is 1.41 bits per heavy atom. The number of aliphatic carboxylic acids is 1. The number of hydrogen-bond donors (Lipinski definition) is 2. The van der Waals surface area contributed by atoms with E-state index in [1.807, 2.05) is 74.5 Å². The van der Waals surface area contributed by atoms with E-state index in [-0.39, 0.29) is 17.7 Å². The fourth-order valence-electron chi connectivity index (χ4n) is 5.76. The molecule has 2 N–H and O–H groups in total. The summed E-state index contributed by atoms with van der Waals surface area (Å²) < 4.78 is 14.6. The number of rotatable bonds is 11. The van der Waals surface area contributed by atoms with E-state index in [0.29, 0.717) is 57.5 Å². The molecule has 2 aromatic rings. The van der Waals surface area contributed by atoms with Crippen molar-refractivity contribution in [3.05, 3.63) is 71.8 Å². The molecule has 2 aliphatic rings. The Labute approximate surface area is 231 Å². The molecule has 8 nitrogen and oxygen atoms in total. The minimum absolute atomic E-state index is 0.118. The molecule has 0 aromatic heterocycles. The molecule has 0 aliphatic carbocycles. The summed E-state index contributed by atoms with van der Waals surface area (Å²) in [7, 11) is -3.14. The number of amides is 2. The smallest absolute Gasteiger partial charge is 0.326 e. The van der Waals surface area contributed by atoms with Crippen molar-refractivity contribution in [2.75, 3.05) is 13.1 Å². The van der Waals surface area contributed by atoms with Gasteiger partial charge < -0.3 is 19.5 Å². The summed E-state index contributed by atoms with van der Waals surface area (Å²) in [5.41, 5.74) is 1.87. The summed E-state index contributed by atoms with van der Waals surface area (Å²) in [6.45, 7) is 4.79. The van der Waals surface area contributed by atoms with Crippen molar-refractivity contribution in [3.8, 4) is 0 Å². The number of carbonyl (C=O) groups excluding carboxylic acids is 2. The van der Waals surface area contributed by atoms with Gasteiger partial charge in [-0.25, -0.2) is 4.79 Å². The van der Waals surface area contributed by atoms with E-state index in [9.17, 15) is 24.1 Å². The molecule has 2 fully saturated rings. The number of carboxylic acid groups (broad SMARTS) is 1. The van der Waals surface area contributed by atoms with Crippen LogP contribution in [0.3, 0.4) is 0 Å². The van der Waals surface area contributed by atoms with Crippen LogP contribution in [0.2, 0.25) is 0 Å². The average Bonchev–Trinajstić information content (AvgIpc) is 3.62. The van der Waals surface area contributed by atoms with Crippen LogP contribution in [0.4, 0.5) is 0 Å². The van der Waals surface area contributed by atoms with Gasteiger partial charge in [0.05, 0.1) is 6.04 Å². The van der Waals surface area contributed by atoms with Crippen molar-refractivity contribution in [1.29, 1.82) is 0 Å². The van der Waals surface area contributed by atoms with Gasteiger partial charge in [-0.3, -0.25) is 14.7 Å². The SMILES string of the molecule is CC[C@H](C)[C@H](NP(=O)(Cc1ccccc1)Cc1ccccc1)C(=O)N1CCC[C@H]1C(=O)N1CCC[C@H]1C(=O)O. The van der Waals surface area contributed by atoms with E-state index < -0.39 is 31.4 Å². The Balaban J connectivity index is 1.60. The predicted molar refractivity (Wildman–Crippen MR) is 151 cm³/mol. The van der Waals surface area contributed by atoms with Gasteiger partial charge in [-0.15, -0.1) is 0 Å². The van der Waals surface area contributed by atoms with E-state index in [4.69, 9.17) is 0 Å². The minimum atomic E-state index is -3.14. The van der Waals surface area contributed by atoms with Gasteiger partial charge in [0.1, 0.15) is 12.1 Å². The third-order valence-electron chi connectivity index (χ3n) is 8.06. The Hall–Kier alpha value is -2.96. The molecule has 2 aromatic carbocycles. The monoisotopic (exact) mass is 553 g/mol. The lowest BCUT2D eigenvalue weighted by Crippen LogP contribution is -2.55. The van der Waals surface area contributed by atoms with E-state index in [0.717, 1.165) is 11.1 Å². The highest BCUT2D eigenvalue weighted by Crippen LogP contribution is 2.49. The molecule has 2 saturated heterocycles. The topological polar surface area (TPSA) is 107 Å². The molecule has 39 heavy (non-hydrogen) atoms. The molecule has 0 radical (unpaired) electrons. The average molecular weight is 554 g/mol. The maximum absolute atomic E-state index is 14.6.